The van der Waals surface area contributed by atoms with Gasteiger partial charge in [0.25, 0.3) is 5.91 Å². The summed E-state index contributed by atoms with van der Waals surface area (Å²) in [7, 11) is 1.57. The second kappa shape index (κ2) is 10.6. The first-order chi connectivity index (χ1) is 15.9. The number of para-hydroxylation sites is 1. The lowest BCUT2D eigenvalue weighted by Gasteiger charge is -2.14. The van der Waals surface area contributed by atoms with Crippen LogP contribution in [-0.2, 0) is 11.4 Å². The molecule has 0 radical (unpaired) electrons. The number of carbonyl (C=O) groups excluding carboxylic acids is 1. The van der Waals surface area contributed by atoms with E-state index in [2.05, 4.69) is 42.5 Å². The lowest BCUT2D eigenvalue weighted by molar-refractivity contribution is -0.116. The Morgan fingerprint density at radius 2 is 1.91 bits per heavy atom. The summed E-state index contributed by atoms with van der Waals surface area (Å²) in [6.45, 7) is 0.379. The Bertz CT molecular complexity index is 1200. The third-order valence-electron chi connectivity index (χ3n) is 4.74. The number of rotatable bonds is 7. The van der Waals surface area contributed by atoms with Gasteiger partial charge < -0.3 is 20.1 Å². The highest BCUT2D eigenvalue weighted by atomic mass is 79.9. The molecule has 3 aromatic rings. The molecule has 0 spiro atoms. The van der Waals surface area contributed by atoms with Crippen molar-refractivity contribution in [3.63, 3.8) is 0 Å². The number of benzene rings is 3. The fourth-order valence-electron chi connectivity index (χ4n) is 3.14. The van der Waals surface area contributed by atoms with E-state index in [1.165, 1.54) is 17.8 Å². The molecule has 5 nitrogen and oxygen atoms in total. The molecule has 1 unspecified atom stereocenters. The van der Waals surface area contributed by atoms with E-state index in [9.17, 15) is 9.18 Å². The van der Waals surface area contributed by atoms with Crippen LogP contribution in [0.2, 0.25) is 0 Å². The van der Waals surface area contributed by atoms with Crippen LogP contribution in [0.15, 0.2) is 74.5 Å². The van der Waals surface area contributed by atoms with Crippen molar-refractivity contribution in [2.75, 3.05) is 12.4 Å². The molecule has 3 aromatic carbocycles. The van der Waals surface area contributed by atoms with Gasteiger partial charge in [-0.1, -0.05) is 52.0 Å². The Morgan fingerprint density at radius 1 is 1.15 bits per heavy atom. The van der Waals surface area contributed by atoms with Gasteiger partial charge >= 0.3 is 0 Å². The predicted octanol–water partition coefficient (Wildman–Crippen LogP) is 6.54. The highest BCUT2D eigenvalue weighted by Gasteiger charge is 2.28. The van der Waals surface area contributed by atoms with Gasteiger partial charge in [0.05, 0.1) is 22.2 Å². The van der Waals surface area contributed by atoms with Crippen LogP contribution in [0.4, 0.5) is 10.1 Å². The highest BCUT2D eigenvalue weighted by molar-refractivity contribution is 9.10. The Kier molecular flexibility index (Phi) is 7.62. The number of amides is 1. The molecular weight excluding hydrogens is 575 g/mol. The highest BCUT2D eigenvalue weighted by Crippen LogP contribution is 2.39. The summed E-state index contributed by atoms with van der Waals surface area (Å²) in [5, 5.41) is 5.80. The molecule has 1 aliphatic rings. The standard InChI is InChI=1S/C24H19Br2FN2O3S/c1-31-20-11-15(10-17(26)22(20)32-13-14-6-8-16(25)9-7-14)12-21-23(30)29-24(33-21)28-19-5-3-2-4-18(19)27/h2-12,24,28H,13H2,1H3,(H,29,30)/b21-12-. The number of anilines is 1. The molecule has 0 saturated carbocycles. The molecular formula is C24H19Br2FN2O3S. The second-order valence-electron chi connectivity index (χ2n) is 7.05. The molecule has 2 N–H and O–H groups in total. The number of hydrogen-bond acceptors (Lipinski definition) is 5. The molecule has 0 bridgehead atoms. The van der Waals surface area contributed by atoms with Crippen molar-refractivity contribution in [1.82, 2.24) is 5.32 Å². The molecule has 170 valence electrons. The van der Waals surface area contributed by atoms with E-state index in [-0.39, 0.29) is 11.7 Å². The van der Waals surface area contributed by atoms with E-state index in [0.717, 1.165) is 15.6 Å². The van der Waals surface area contributed by atoms with Crippen LogP contribution in [0, 0.1) is 5.82 Å². The number of ether oxygens (including phenoxy) is 2. The van der Waals surface area contributed by atoms with Gasteiger partial charge in [0, 0.05) is 4.47 Å². The molecule has 1 amide bonds. The average molecular weight is 594 g/mol. The Morgan fingerprint density at radius 3 is 2.64 bits per heavy atom. The average Bonchev–Trinajstić information content (AvgIpc) is 3.14. The summed E-state index contributed by atoms with van der Waals surface area (Å²) in [6.07, 6.45) is 1.76. The lowest BCUT2D eigenvalue weighted by atomic mass is 10.2. The maximum Gasteiger partial charge on any atom is 0.260 e. The van der Waals surface area contributed by atoms with Gasteiger partial charge in [-0.2, -0.15) is 0 Å². The minimum absolute atomic E-state index is 0.237. The minimum Gasteiger partial charge on any atom is -0.493 e. The number of thioether (sulfide) groups is 1. The van der Waals surface area contributed by atoms with Crippen LogP contribution >= 0.6 is 43.6 Å². The van der Waals surface area contributed by atoms with Crippen molar-refractivity contribution in [1.29, 1.82) is 0 Å². The molecule has 9 heteroatoms. The number of carbonyl (C=O) groups is 1. The SMILES string of the molecule is COc1cc(/C=C2\SC(Nc3ccccc3F)NC2=O)cc(Br)c1OCc1ccc(Br)cc1. The van der Waals surface area contributed by atoms with Crippen molar-refractivity contribution in [2.24, 2.45) is 0 Å². The molecule has 0 aliphatic carbocycles. The fourth-order valence-corrected chi connectivity index (χ4v) is 4.95. The number of halogens is 3. The molecule has 1 fully saturated rings. The van der Waals surface area contributed by atoms with Crippen LogP contribution in [-0.4, -0.2) is 18.5 Å². The largest absolute Gasteiger partial charge is 0.493 e. The van der Waals surface area contributed by atoms with E-state index >= 15 is 0 Å². The van der Waals surface area contributed by atoms with Gasteiger partial charge in [-0.15, -0.1) is 0 Å². The number of nitrogens with one attached hydrogen (secondary N) is 2. The van der Waals surface area contributed by atoms with Crippen molar-refractivity contribution < 1.29 is 18.7 Å². The van der Waals surface area contributed by atoms with Crippen molar-refractivity contribution in [2.45, 2.75) is 12.1 Å². The van der Waals surface area contributed by atoms with Crippen LogP contribution in [0.3, 0.4) is 0 Å². The monoisotopic (exact) mass is 592 g/mol. The normalized spacial score (nSPS) is 16.5. The summed E-state index contributed by atoms with van der Waals surface area (Å²) >= 11 is 8.25. The Hall–Kier alpha value is -2.49. The topological polar surface area (TPSA) is 59.6 Å². The molecule has 1 heterocycles. The van der Waals surface area contributed by atoms with Gasteiger partial charge in [0.2, 0.25) is 0 Å². The first-order valence-corrected chi connectivity index (χ1v) is 12.3. The maximum absolute atomic E-state index is 13.9. The first kappa shape index (κ1) is 23.7. The summed E-state index contributed by atoms with van der Waals surface area (Å²) in [5.41, 5.74) is 1.64. The zero-order chi connectivity index (χ0) is 23.4. The van der Waals surface area contributed by atoms with E-state index in [4.69, 9.17) is 9.47 Å². The molecule has 4 rings (SSSR count). The fraction of sp³-hybridized carbons (Fsp3) is 0.125. The van der Waals surface area contributed by atoms with E-state index in [0.29, 0.717) is 33.2 Å². The van der Waals surface area contributed by atoms with Crippen LogP contribution < -0.4 is 20.1 Å². The summed E-state index contributed by atoms with van der Waals surface area (Å²) < 4.78 is 27.1. The Labute approximate surface area is 212 Å². The number of methoxy groups -OCH3 is 1. The van der Waals surface area contributed by atoms with Crippen molar-refractivity contribution in [3.05, 3.63) is 91.5 Å². The summed E-state index contributed by atoms with van der Waals surface area (Å²) in [5.74, 6) is 0.500. The van der Waals surface area contributed by atoms with Gasteiger partial charge in [0.15, 0.2) is 17.0 Å². The lowest BCUT2D eigenvalue weighted by Crippen LogP contribution is -2.31. The second-order valence-corrected chi connectivity index (χ2v) is 9.97. The predicted molar refractivity (Wildman–Crippen MR) is 137 cm³/mol. The van der Waals surface area contributed by atoms with Gasteiger partial charge in [0.1, 0.15) is 12.4 Å². The number of hydrogen-bond donors (Lipinski definition) is 2. The van der Waals surface area contributed by atoms with Gasteiger partial charge in [-0.25, -0.2) is 4.39 Å². The summed E-state index contributed by atoms with van der Waals surface area (Å²) in [4.78, 5) is 13.0. The van der Waals surface area contributed by atoms with Crippen molar-refractivity contribution >= 4 is 61.3 Å². The quantitative estimate of drug-likeness (QED) is 0.305. The van der Waals surface area contributed by atoms with Crippen molar-refractivity contribution in [3.8, 4) is 11.5 Å². The molecule has 0 aromatic heterocycles. The molecule has 33 heavy (non-hydrogen) atoms. The molecule has 1 atom stereocenters. The van der Waals surface area contributed by atoms with Crippen LogP contribution in [0.5, 0.6) is 11.5 Å². The zero-order valence-electron chi connectivity index (χ0n) is 17.4. The maximum atomic E-state index is 13.9. The van der Waals surface area contributed by atoms with E-state index < -0.39 is 5.50 Å². The van der Waals surface area contributed by atoms with Crippen LogP contribution in [0.25, 0.3) is 6.08 Å². The molecule has 1 saturated heterocycles. The van der Waals surface area contributed by atoms with E-state index in [1.54, 1.807) is 37.5 Å². The third kappa shape index (κ3) is 5.90. The summed E-state index contributed by atoms with van der Waals surface area (Å²) in [6, 6.07) is 17.9. The zero-order valence-corrected chi connectivity index (χ0v) is 21.4. The van der Waals surface area contributed by atoms with Gasteiger partial charge in [-0.05, 0) is 69.5 Å². The third-order valence-corrected chi connectivity index (χ3v) is 6.88. The van der Waals surface area contributed by atoms with Crippen LogP contribution in [0.1, 0.15) is 11.1 Å². The molecule has 1 aliphatic heterocycles. The van der Waals surface area contributed by atoms with E-state index in [1.807, 2.05) is 30.3 Å². The smallest absolute Gasteiger partial charge is 0.260 e. The Balaban J connectivity index is 1.49. The van der Waals surface area contributed by atoms with Gasteiger partial charge in [-0.3, -0.25) is 4.79 Å². The minimum atomic E-state index is -0.473. The first-order valence-electron chi connectivity index (χ1n) is 9.88.